The summed E-state index contributed by atoms with van der Waals surface area (Å²) in [6.45, 7) is 6.41. The molecule has 1 heterocycles. The third kappa shape index (κ3) is 3.22. The highest BCUT2D eigenvalue weighted by atomic mass is 16.6. The highest BCUT2D eigenvalue weighted by Crippen LogP contribution is 2.31. The quantitative estimate of drug-likeness (QED) is 0.669. The van der Waals surface area contributed by atoms with Crippen molar-refractivity contribution in [3.05, 3.63) is 27.9 Å². The summed E-state index contributed by atoms with van der Waals surface area (Å²) in [4.78, 5) is 14.5. The fourth-order valence-corrected chi connectivity index (χ4v) is 2.87. The second-order valence-electron chi connectivity index (χ2n) is 5.76. The van der Waals surface area contributed by atoms with Gasteiger partial charge in [0, 0.05) is 12.1 Å². The molecular weight excluding hydrogens is 242 g/mol. The zero-order chi connectivity index (χ0) is 14.0. The van der Waals surface area contributed by atoms with E-state index in [1.807, 2.05) is 6.92 Å². The van der Waals surface area contributed by atoms with Crippen LogP contribution >= 0.6 is 0 Å². The molecule has 5 nitrogen and oxygen atoms in total. The first-order valence-corrected chi connectivity index (χ1v) is 6.85. The molecule has 1 fully saturated rings. The van der Waals surface area contributed by atoms with E-state index in [0.29, 0.717) is 12.0 Å². The minimum atomic E-state index is -0.408. The lowest BCUT2D eigenvalue weighted by Gasteiger charge is -2.33. The summed E-state index contributed by atoms with van der Waals surface area (Å²) in [6.07, 6.45) is 4.92. The second kappa shape index (κ2) is 5.55. The van der Waals surface area contributed by atoms with Gasteiger partial charge in [-0.1, -0.05) is 13.8 Å². The maximum Gasteiger partial charge on any atom is 0.287 e. The summed E-state index contributed by atoms with van der Waals surface area (Å²) in [7, 11) is 0. The molecule has 1 N–H and O–H groups in total. The van der Waals surface area contributed by atoms with Gasteiger partial charge in [-0.25, -0.2) is 4.98 Å². The van der Waals surface area contributed by atoms with Crippen molar-refractivity contribution in [2.45, 2.75) is 46.1 Å². The number of hydrogen-bond donors (Lipinski definition) is 1. The van der Waals surface area contributed by atoms with E-state index in [2.05, 4.69) is 24.1 Å². The predicted octanol–water partition coefficient (Wildman–Crippen LogP) is 3.53. The van der Waals surface area contributed by atoms with Crippen LogP contribution < -0.4 is 5.32 Å². The summed E-state index contributed by atoms with van der Waals surface area (Å²) in [6, 6.07) is 2.00. The molecule has 104 valence electrons. The lowest BCUT2D eigenvalue weighted by Crippen LogP contribution is -2.33. The molecule has 0 radical (unpaired) electrons. The third-order valence-electron chi connectivity index (χ3n) is 4.03. The van der Waals surface area contributed by atoms with Crippen molar-refractivity contribution in [1.29, 1.82) is 0 Å². The summed E-state index contributed by atoms with van der Waals surface area (Å²) < 4.78 is 0. The zero-order valence-corrected chi connectivity index (χ0v) is 11.7. The molecule has 0 amide bonds. The van der Waals surface area contributed by atoms with Gasteiger partial charge < -0.3 is 5.32 Å². The van der Waals surface area contributed by atoms with Crippen LogP contribution in [0.15, 0.2) is 12.3 Å². The molecular formula is C14H21N3O2. The molecule has 1 saturated carbocycles. The van der Waals surface area contributed by atoms with Crippen molar-refractivity contribution in [1.82, 2.24) is 4.98 Å². The molecule has 0 aromatic carbocycles. The lowest BCUT2D eigenvalue weighted by molar-refractivity contribution is -0.385. The number of anilines is 1. The number of nitro groups is 1. The van der Waals surface area contributed by atoms with E-state index in [-0.39, 0.29) is 5.69 Å². The van der Waals surface area contributed by atoms with E-state index in [4.69, 9.17) is 0 Å². The molecule has 0 saturated heterocycles. The Balaban J connectivity index is 2.09. The van der Waals surface area contributed by atoms with Gasteiger partial charge in [0.05, 0.1) is 4.92 Å². The molecule has 0 spiro atoms. The van der Waals surface area contributed by atoms with Crippen LogP contribution in [0.3, 0.4) is 0 Å². The summed E-state index contributed by atoms with van der Waals surface area (Å²) in [5, 5.41) is 14.1. The Morgan fingerprint density at radius 3 is 2.74 bits per heavy atom. The SMILES string of the molecule is Cc1cc([N+](=O)[O-])cnc1NC1CCC(C)CC1C. The largest absolute Gasteiger partial charge is 0.367 e. The number of rotatable bonds is 3. The van der Waals surface area contributed by atoms with Crippen LogP contribution in [0.25, 0.3) is 0 Å². The number of hydrogen-bond acceptors (Lipinski definition) is 4. The standard InChI is InChI=1S/C14H21N3O2/c1-9-4-5-13(10(2)6-9)16-14-11(3)7-12(8-15-14)17(18)19/h7-10,13H,4-6H2,1-3H3,(H,15,16). The molecule has 0 bridgehead atoms. The van der Waals surface area contributed by atoms with Crippen LogP contribution in [0.2, 0.25) is 0 Å². The van der Waals surface area contributed by atoms with Crippen LogP contribution in [-0.2, 0) is 0 Å². The average molecular weight is 263 g/mol. The van der Waals surface area contributed by atoms with Crippen LogP contribution in [0.5, 0.6) is 0 Å². The molecule has 0 aliphatic heterocycles. The molecule has 1 aromatic rings. The lowest BCUT2D eigenvalue weighted by atomic mass is 9.80. The normalized spacial score (nSPS) is 27.0. The Morgan fingerprint density at radius 1 is 1.42 bits per heavy atom. The van der Waals surface area contributed by atoms with Gasteiger partial charge >= 0.3 is 0 Å². The van der Waals surface area contributed by atoms with Gasteiger partial charge in [0.2, 0.25) is 0 Å². The van der Waals surface area contributed by atoms with Gasteiger partial charge in [-0.15, -0.1) is 0 Å². The summed E-state index contributed by atoms with van der Waals surface area (Å²) >= 11 is 0. The fraction of sp³-hybridized carbons (Fsp3) is 0.643. The van der Waals surface area contributed by atoms with E-state index in [1.165, 1.54) is 19.0 Å². The number of aromatic nitrogens is 1. The Bertz CT molecular complexity index is 476. The van der Waals surface area contributed by atoms with Gasteiger partial charge in [-0.2, -0.15) is 0 Å². The molecule has 1 aliphatic carbocycles. The van der Waals surface area contributed by atoms with Gasteiger partial charge in [0.15, 0.2) is 0 Å². The number of nitrogens with zero attached hydrogens (tertiary/aromatic N) is 2. The van der Waals surface area contributed by atoms with Gasteiger partial charge in [0.25, 0.3) is 5.69 Å². The van der Waals surface area contributed by atoms with Crippen LogP contribution in [-0.4, -0.2) is 15.9 Å². The van der Waals surface area contributed by atoms with Crippen molar-refractivity contribution < 1.29 is 4.92 Å². The van der Waals surface area contributed by atoms with Crippen molar-refractivity contribution in [2.24, 2.45) is 11.8 Å². The number of nitrogens with one attached hydrogen (secondary N) is 1. The minimum absolute atomic E-state index is 0.0494. The Kier molecular flexibility index (Phi) is 4.02. The zero-order valence-electron chi connectivity index (χ0n) is 11.7. The monoisotopic (exact) mass is 263 g/mol. The van der Waals surface area contributed by atoms with Gasteiger partial charge in [0.1, 0.15) is 12.0 Å². The van der Waals surface area contributed by atoms with Crippen molar-refractivity contribution in [3.8, 4) is 0 Å². The molecule has 5 heteroatoms. The minimum Gasteiger partial charge on any atom is -0.367 e. The Labute approximate surface area is 113 Å². The van der Waals surface area contributed by atoms with Crippen LogP contribution in [0.1, 0.15) is 38.7 Å². The number of aryl methyl sites for hydroxylation is 1. The third-order valence-corrected chi connectivity index (χ3v) is 4.03. The van der Waals surface area contributed by atoms with Crippen molar-refractivity contribution in [2.75, 3.05) is 5.32 Å². The molecule has 3 unspecified atom stereocenters. The van der Waals surface area contributed by atoms with E-state index < -0.39 is 4.92 Å². The highest BCUT2D eigenvalue weighted by molar-refractivity contribution is 5.48. The first kappa shape index (κ1) is 13.8. The predicted molar refractivity (Wildman–Crippen MR) is 75.2 cm³/mol. The van der Waals surface area contributed by atoms with Gasteiger partial charge in [-0.3, -0.25) is 10.1 Å². The van der Waals surface area contributed by atoms with E-state index in [0.717, 1.165) is 23.7 Å². The fourth-order valence-electron chi connectivity index (χ4n) is 2.87. The maximum absolute atomic E-state index is 10.7. The Hall–Kier alpha value is -1.65. The average Bonchev–Trinajstić information content (AvgIpc) is 2.34. The van der Waals surface area contributed by atoms with E-state index in [1.54, 1.807) is 6.07 Å². The van der Waals surface area contributed by atoms with Crippen LogP contribution in [0, 0.1) is 28.9 Å². The van der Waals surface area contributed by atoms with Crippen molar-refractivity contribution >= 4 is 11.5 Å². The molecule has 3 atom stereocenters. The first-order valence-electron chi connectivity index (χ1n) is 6.85. The molecule has 1 aromatic heterocycles. The highest BCUT2D eigenvalue weighted by Gasteiger charge is 2.26. The van der Waals surface area contributed by atoms with Crippen molar-refractivity contribution in [3.63, 3.8) is 0 Å². The Morgan fingerprint density at radius 2 is 2.16 bits per heavy atom. The topological polar surface area (TPSA) is 68.1 Å². The van der Waals surface area contributed by atoms with Crippen LogP contribution in [0.4, 0.5) is 11.5 Å². The summed E-state index contributed by atoms with van der Waals surface area (Å²) in [5.74, 6) is 2.18. The van der Waals surface area contributed by atoms with E-state index >= 15 is 0 Å². The number of pyridine rings is 1. The van der Waals surface area contributed by atoms with Gasteiger partial charge in [-0.05, 0) is 43.6 Å². The summed E-state index contributed by atoms with van der Waals surface area (Å²) in [5.41, 5.74) is 0.883. The molecule has 1 aliphatic rings. The molecule has 19 heavy (non-hydrogen) atoms. The maximum atomic E-state index is 10.7. The first-order chi connectivity index (χ1) is 8.97. The second-order valence-corrected chi connectivity index (χ2v) is 5.76. The molecule has 2 rings (SSSR count). The smallest absolute Gasteiger partial charge is 0.287 e. The van der Waals surface area contributed by atoms with E-state index in [9.17, 15) is 10.1 Å².